The number of carbonyl (C=O) groups excluding carboxylic acids is 2. The highest BCUT2D eigenvalue weighted by molar-refractivity contribution is 8.14. The standard InChI is InChI=1S/C15H14N2O3S/c1-10(18)21-13-6-15(19)17(8-13)12-4-2-3-11(5-12)14-7-16-9-20-14/h2-5,7,9,13H,6,8H2,1H3. The summed E-state index contributed by atoms with van der Waals surface area (Å²) < 4.78 is 5.27. The fourth-order valence-corrected chi connectivity index (χ4v) is 3.34. The molecular formula is C15H14N2O3S. The highest BCUT2D eigenvalue weighted by Gasteiger charge is 2.32. The summed E-state index contributed by atoms with van der Waals surface area (Å²) in [5, 5.41) is 0.0778. The van der Waals surface area contributed by atoms with Crippen LogP contribution < -0.4 is 4.90 Å². The summed E-state index contributed by atoms with van der Waals surface area (Å²) in [7, 11) is 0. The zero-order chi connectivity index (χ0) is 14.8. The monoisotopic (exact) mass is 302 g/mol. The maximum Gasteiger partial charge on any atom is 0.228 e. The topological polar surface area (TPSA) is 63.4 Å². The number of thioether (sulfide) groups is 1. The van der Waals surface area contributed by atoms with Gasteiger partial charge in [0.25, 0.3) is 0 Å². The molecule has 1 atom stereocenters. The Hall–Kier alpha value is -2.08. The number of rotatable bonds is 3. The fourth-order valence-electron chi connectivity index (χ4n) is 2.42. The number of anilines is 1. The van der Waals surface area contributed by atoms with Crippen molar-refractivity contribution in [1.82, 2.24) is 4.98 Å². The molecule has 1 fully saturated rings. The van der Waals surface area contributed by atoms with E-state index >= 15 is 0 Å². The number of benzene rings is 1. The highest BCUT2D eigenvalue weighted by atomic mass is 32.2. The van der Waals surface area contributed by atoms with E-state index in [0.717, 1.165) is 11.3 Å². The van der Waals surface area contributed by atoms with E-state index in [4.69, 9.17) is 4.42 Å². The predicted molar refractivity (Wildman–Crippen MR) is 81.0 cm³/mol. The molecule has 108 valence electrons. The lowest BCUT2D eigenvalue weighted by Crippen LogP contribution is -2.24. The van der Waals surface area contributed by atoms with Crippen molar-refractivity contribution in [3.8, 4) is 11.3 Å². The maximum atomic E-state index is 12.1. The molecule has 1 aliphatic rings. The van der Waals surface area contributed by atoms with Crippen LogP contribution in [-0.2, 0) is 9.59 Å². The summed E-state index contributed by atoms with van der Waals surface area (Å²) in [6.07, 6.45) is 3.42. The number of oxazole rings is 1. The zero-order valence-corrected chi connectivity index (χ0v) is 12.3. The molecular weight excluding hydrogens is 288 g/mol. The molecule has 0 saturated carbocycles. The summed E-state index contributed by atoms with van der Waals surface area (Å²) >= 11 is 1.24. The van der Waals surface area contributed by atoms with Gasteiger partial charge in [0.1, 0.15) is 0 Å². The Morgan fingerprint density at radius 1 is 1.48 bits per heavy atom. The van der Waals surface area contributed by atoms with Crippen molar-refractivity contribution in [3.05, 3.63) is 36.9 Å². The Balaban J connectivity index is 1.82. The van der Waals surface area contributed by atoms with Crippen LogP contribution in [-0.4, -0.2) is 27.8 Å². The molecule has 21 heavy (non-hydrogen) atoms. The molecule has 0 spiro atoms. The SMILES string of the molecule is CC(=O)SC1CC(=O)N(c2cccc(-c3cnco3)c2)C1. The minimum absolute atomic E-state index is 0.0314. The lowest BCUT2D eigenvalue weighted by atomic mass is 10.1. The number of hydrogen-bond acceptors (Lipinski definition) is 5. The molecule has 0 bridgehead atoms. The molecule has 3 rings (SSSR count). The van der Waals surface area contributed by atoms with Crippen LogP contribution in [0.5, 0.6) is 0 Å². The first kappa shape index (κ1) is 13.9. The molecule has 0 aliphatic carbocycles. The van der Waals surface area contributed by atoms with Crippen molar-refractivity contribution in [2.75, 3.05) is 11.4 Å². The minimum Gasteiger partial charge on any atom is -0.444 e. The van der Waals surface area contributed by atoms with Crippen molar-refractivity contribution in [2.24, 2.45) is 0 Å². The average molecular weight is 302 g/mol. The van der Waals surface area contributed by atoms with Gasteiger partial charge in [-0.05, 0) is 12.1 Å². The molecule has 0 N–H and O–H groups in total. The Bertz CT molecular complexity index is 669. The number of aromatic nitrogens is 1. The van der Waals surface area contributed by atoms with Crippen LogP contribution in [0, 0.1) is 0 Å². The molecule has 2 heterocycles. The van der Waals surface area contributed by atoms with Crippen molar-refractivity contribution in [3.63, 3.8) is 0 Å². The molecule has 6 heteroatoms. The van der Waals surface area contributed by atoms with Gasteiger partial charge < -0.3 is 9.32 Å². The van der Waals surface area contributed by atoms with Crippen LogP contribution in [0.1, 0.15) is 13.3 Å². The lowest BCUT2D eigenvalue weighted by molar-refractivity contribution is -0.117. The second-order valence-electron chi connectivity index (χ2n) is 4.86. The second-order valence-corrected chi connectivity index (χ2v) is 6.33. The number of hydrogen-bond donors (Lipinski definition) is 0. The van der Waals surface area contributed by atoms with Gasteiger partial charge in [0.05, 0.1) is 6.20 Å². The molecule has 1 aromatic heterocycles. The van der Waals surface area contributed by atoms with Gasteiger partial charge in [-0.2, -0.15) is 0 Å². The van der Waals surface area contributed by atoms with Gasteiger partial charge >= 0.3 is 0 Å². The maximum absolute atomic E-state index is 12.1. The predicted octanol–water partition coefficient (Wildman–Crippen LogP) is 2.73. The average Bonchev–Trinajstić information content (AvgIpc) is 3.08. The first-order valence-electron chi connectivity index (χ1n) is 6.60. The van der Waals surface area contributed by atoms with Gasteiger partial charge in [0.15, 0.2) is 17.3 Å². The molecule has 5 nitrogen and oxygen atoms in total. The number of nitrogens with zero attached hydrogens (tertiary/aromatic N) is 2. The summed E-state index contributed by atoms with van der Waals surface area (Å²) in [5.41, 5.74) is 1.70. The van der Waals surface area contributed by atoms with Crippen molar-refractivity contribution < 1.29 is 14.0 Å². The highest BCUT2D eigenvalue weighted by Crippen LogP contribution is 2.31. The Kier molecular flexibility index (Phi) is 3.79. The summed E-state index contributed by atoms with van der Waals surface area (Å²) in [5.74, 6) is 0.710. The molecule has 2 aromatic rings. The fraction of sp³-hybridized carbons (Fsp3) is 0.267. The van der Waals surface area contributed by atoms with Crippen LogP contribution in [0.2, 0.25) is 0 Å². The molecule has 1 saturated heterocycles. The summed E-state index contributed by atoms with van der Waals surface area (Å²) in [6.45, 7) is 2.09. The molecule has 1 unspecified atom stereocenters. The van der Waals surface area contributed by atoms with Gasteiger partial charge in [-0.15, -0.1) is 0 Å². The first-order valence-corrected chi connectivity index (χ1v) is 7.48. The van der Waals surface area contributed by atoms with Gasteiger partial charge in [-0.3, -0.25) is 9.59 Å². The van der Waals surface area contributed by atoms with E-state index in [2.05, 4.69) is 4.98 Å². The first-order chi connectivity index (χ1) is 10.1. The van der Waals surface area contributed by atoms with Crippen LogP contribution in [0.15, 0.2) is 41.3 Å². The Morgan fingerprint density at radius 2 is 2.33 bits per heavy atom. The van der Waals surface area contributed by atoms with Gasteiger partial charge in [-0.25, -0.2) is 4.98 Å². The molecule has 1 amide bonds. The van der Waals surface area contributed by atoms with Crippen LogP contribution in [0.25, 0.3) is 11.3 Å². The molecule has 1 aromatic carbocycles. The third-order valence-electron chi connectivity index (χ3n) is 3.30. The second kappa shape index (κ2) is 5.73. The zero-order valence-electron chi connectivity index (χ0n) is 11.5. The van der Waals surface area contributed by atoms with Crippen molar-refractivity contribution >= 4 is 28.5 Å². The van der Waals surface area contributed by atoms with Crippen LogP contribution in [0.3, 0.4) is 0 Å². The van der Waals surface area contributed by atoms with Crippen molar-refractivity contribution in [2.45, 2.75) is 18.6 Å². The Labute approximate surface area is 126 Å². The third kappa shape index (κ3) is 3.00. The van der Waals surface area contributed by atoms with Crippen LogP contribution >= 0.6 is 11.8 Å². The van der Waals surface area contributed by atoms with E-state index in [0.29, 0.717) is 18.7 Å². The smallest absolute Gasteiger partial charge is 0.228 e. The lowest BCUT2D eigenvalue weighted by Gasteiger charge is -2.17. The van der Waals surface area contributed by atoms with E-state index in [1.807, 2.05) is 24.3 Å². The van der Waals surface area contributed by atoms with E-state index in [-0.39, 0.29) is 16.3 Å². The van der Waals surface area contributed by atoms with E-state index < -0.39 is 0 Å². The Morgan fingerprint density at radius 3 is 3.05 bits per heavy atom. The summed E-state index contributed by atoms with van der Waals surface area (Å²) in [6, 6.07) is 7.58. The van der Waals surface area contributed by atoms with E-state index in [9.17, 15) is 9.59 Å². The third-order valence-corrected chi connectivity index (χ3v) is 4.28. The van der Waals surface area contributed by atoms with E-state index in [1.165, 1.54) is 25.1 Å². The number of carbonyl (C=O) groups is 2. The van der Waals surface area contributed by atoms with Gasteiger partial charge in [0.2, 0.25) is 5.91 Å². The molecule has 1 aliphatic heterocycles. The minimum atomic E-state index is 0.0314. The van der Waals surface area contributed by atoms with E-state index in [1.54, 1.807) is 11.1 Å². The van der Waals surface area contributed by atoms with Crippen molar-refractivity contribution in [1.29, 1.82) is 0 Å². The van der Waals surface area contributed by atoms with Crippen LogP contribution in [0.4, 0.5) is 5.69 Å². The van der Waals surface area contributed by atoms with Gasteiger partial charge in [0, 0.05) is 36.4 Å². The quantitative estimate of drug-likeness (QED) is 0.872. The molecule has 0 radical (unpaired) electrons. The number of amides is 1. The largest absolute Gasteiger partial charge is 0.444 e. The van der Waals surface area contributed by atoms with Gasteiger partial charge in [-0.1, -0.05) is 23.9 Å². The normalized spacial score (nSPS) is 18.2. The summed E-state index contributed by atoms with van der Waals surface area (Å²) in [4.78, 5) is 28.9.